The van der Waals surface area contributed by atoms with Crippen molar-refractivity contribution in [1.29, 1.82) is 0 Å². The SMILES string of the molecule is c1ccc(-c2nc(-n3c4ccc5cccc6c7ccccc7n7c8ccccc8c3c7c4c56)nc3c2ccc2ccccc23)cc1. The zero-order valence-electron chi connectivity index (χ0n) is 24.6. The molecule has 0 amide bonds. The number of rotatable bonds is 2. The highest BCUT2D eigenvalue weighted by Crippen LogP contribution is 2.45. The molecule has 0 fully saturated rings. The molecule has 0 atom stereocenters. The van der Waals surface area contributed by atoms with Crippen LogP contribution in [0.3, 0.4) is 0 Å². The fourth-order valence-electron chi connectivity index (χ4n) is 7.94. The molecule has 0 spiro atoms. The fraction of sp³-hybridized carbons (Fsp3) is 0. The lowest BCUT2D eigenvalue weighted by Crippen LogP contribution is -2.03. The van der Waals surface area contributed by atoms with E-state index in [0.29, 0.717) is 5.95 Å². The zero-order valence-corrected chi connectivity index (χ0v) is 24.6. The van der Waals surface area contributed by atoms with Crippen molar-refractivity contribution in [3.05, 3.63) is 146 Å². The number of fused-ring (bicyclic) bond motifs is 9. The summed E-state index contributed by atoms with van der Waals surface area (Å²) in [5, 5.41) is 10.7. The largest absolute Gasteiger partial charge is 0.306 e. The minimum absolute atomic E-state index is 0.677. The molecule has 0 aliphatic rings. The summed E-state index contributed by atoms with van der Waals surface area (Å²) in [6.07, 6.45) is 0. The molecule has 4 nitrogen and oxygen atoms in total. The lowest BCUT2D eigenvalue weighted by molar-refractivity contribution is 1.02. The molecule has 4 heteroatoms. The van der Waals surface area contributed by atoms with Crippen LogP contribution in [0, 0.1) is 0 Å². The maximum Gasteiger partial charge on any atom is 0.235 e. The van der Waals surface area contributed by atoms with Gasteiger partial charge in [0.25, 0.3) is 0 Å². The summed E-state index contributed by atoms with van der Waals surface area (Å²) in [5.41, 5.74) is 8.76. The number of para-hydroxylation sites is 2. The molecule has 0 radical (unpaired) electrons. The Bertz CT molecular complexity index is 3020. The normalized spacial score (nSPS) is 12.3. The highest BCUT2D eigenvalue weighted by molar-refractivity contribution is 6.33. The molecule has 0 bridgehead atoms. The predicted molar refractivity (Wildman–Crippen MR) is 191 cm³/mol. The van der Waals surface area contributed by atoms with Gasteiger partial charge in [0.2, 0.25) is 5.95 Å². The van der Waals surface area contributed by atoms with E-state index in [1.165, 1.54) is 54.3 Å². The Morgan fingerprint density at radius 2 is 1.07 bits per heavy atom. The maximum atomic E-state index is 5.46. The molecular formula is C42H24N4. The fourth-order valence-corrected chi connectivity index (χ4v) is 7.94. The molecule has 0 saturated heterocycles. The second kappa shape index (κ2) is 8.68. The molecule has 0 saturated carbocycles. The highest BCUT2D eigenvalue weighted by atomic mass is 15.2. The van der Waals surface area contributed by atoms with E-state index >= 15 is 0 Å². The van der Waals surface area contributed by atoms with E-state index < -0.39 is 0 Å². The van der Waals surface area contributed by atoms with E-state index in [1.54, 1.807) is 0 Å². The van der Waals surface area contributed by atoms with Crippen molar-refractivity contribution < 1.29 is 0 Å². The van der Waals surface area contributed by atoms with Gasteiger partial charge in [-0.3, -0.25) is 4.57 Å². The third-order valence-corrected chi connectivity index (χ3v) is 9.83. The number of aromatic nitrogens is 4. The number of benzene rings is 7. The second-order valence-electron chi connectivity index (χ2n) is 12.2. The van der Waals surface area contributed by atoms with Crippen molar-refractivity contribution in [2.45, 2.75) is 0 Å². The van der Waals surface area contributed by atoms with Crippen molar-refractivity contribution in [3.8, 4) is 17.2 Å². The van der Waals surface area contributed by atoms with E-state index in [9.17, 15) is 0 Å². The summed E-state index contributed by atoms with van der Waals surface area (Å²) in [7, 11) is 0. The first kappa shape index (κ1) is 24.1. The van der Waals surface area contributed by atoms with E-state index in [1.807, 2.05) is 0 Å². The average molecular weight is 585 g/mol. The summed E-state index contributed by atoms with van der Waals surface area (Å²) in [4.78, 5) is 10.9. The van der Waals surface area contributed by atoms with Gasteiger partial charge < -0.3 is 4.40 Å². The van der Waals surface area contributed by atoms with Gasteiger partial charge in [-0.2, -0.15) is 0 Å². The van der Waals surface area contributed by atoms with E-state index in [2.05, 4.69) is 155 Å². The minimum atomic E-state index is 0.677. The summed E-state index contributed by atoms with van der Waals surface area (Å²) in [6, 6.07) is 52.1. The van der Waals surface area contributed by atoms with E-state index in [0.717, 1.165) is 38.6 Å². The van der Waals surface area contributed by atoms with Crippen LogP contribution in [0.5, 0.6) is 0 Å². The zero-order chi connectivity index (χ0) is 29.9. The molecule has 0 aliphatic carbocycles. The quantitative estimate of drug-likeness (QED) is 0.190. The molecule has 0 aliphatic heterocycles. The van der Waals surface area contributed by atoms with Crippen LogP contribution < -0.4 is 0 Å². The summed E-state index contributed by atoms with van der Waals surface area (Å²) >= 11 is 0. The van der Waals surface area contributed by atoms with Gasteiger partial charge in [-0.05, 0) is 40.4 Å². The molecule has 0 N–H and O–H groups in total. The van der Waals surface area contributed by atoms with Gasteiger partial charge in [-0.15, -0.1) is 0 Å². The lowest BCUT2D eigenvalue weighted by Gasteiger charge is -2.13. The Balaban J connectivity index is 1.43. The molecule has 7 aromatic carbocycles. The van der Waals surface area contributed by atoms with Gasteiger partial charge in [-0.25, -0.2) is 9.97 Å². The molecule has 11 rings (SSSR count). The Labute approximate surface area is 262 Å². The molecule has 0 unspecified atom stereocenters. The Kier molecular flexibility index (Phi) is 4.55. The van der Waals surface area contributed by atoms with Crippen LogP contribution in [0.1, 0.15) is 0 Å². The van der Waals surface area contributed by atoms with Crippen molar-refractivity contribution in [2.24, 2.45) is 0 Å². The Morgan fingerprint density at radius 3 is 1.93 bits per heavy atom. The standard InChI is InChI=1S/C42H24N4/c1-2-12-27(13-3-1)38-32-23-21-25-11-4-5-15-28(25)39(32)44-42(43-38)46-35-24-22-26-14-10-18-30-29-16-6-8-19-33(29)45-34-20-9-7-17-31(34)40(46)41(45)37(35)36(26)30/h1-24H. The molecule has 46 heavy (non-hydrogen) atoms. The number of nitrogens with zero attached hydrogens (tertiary/aromatic N) is 4. The molecule has 212 valence electrons. The molecule has 11 aromatic rings. The van der Waals surface area contributed by atoms with Crippen LogP contribution >= 0.6 is 0 Å². The molecule has 4 heterocycles. The third-order valence-electron chi connectivity index (χ3n) is 9.83. The lowest BCUT2D eigenvalue weighted by atomic mass is 10.0. The van der Waals surface area contributed by atoms with Crippen LogP contribution in [0.15, 0.2) is 146 Å². The highest BCUT2D eigenvalue weighted by Gasteiger charge is 2.26. The van der Waals surface area contributed by atoms with E-state index in [-0.39, 0.29) is 0 Å². The van der Waals surface area contributed by atoms with Gasteiger partial charge in [0, 0.05) is 37.9 Å². The number of hydrogen-bond donors (Lipinski definition) is 0. The van der Waals surface area contributed by atoms with E-state index in [4.69, 9.17) is 9.97 Å². The van der Waals surface area contributed by atoms with Crippen molar-refractivity contribution in [2.75, 3.05) is 0 Å². The minimum Gasteiger partial charge on any atom is -0.306 e. The Morgan fingerprint density at radius 1 is 0.391 bits per heavy atom. The van der Waals surface area contributed by atoms with Crippen LogP contribution in [0.2, 0.25) is 0 Å². The monoisotopic (exact) mass is 584 g/mol. The Hall–Kier alpha value is -6.26. The van der Waals surface area contributed by atoms with Crippen LogP contribution in [0.25, 0.3) is 98.8 Å². The van der Waals surface area contributed by atoms with Gasteiger partial charge in [-0.1, -0.05) is 121 Å². The van der Waals surface area contributed by atoms with Crippen LogP contribution in [0.4, 0.5) is 0 Å². The summed E-state index contributed by atoms with van der Waals surface area (Å²) in [5.74, 6) is 0.677. The summed E-state index contributed by atoms with van der Waals surface area (Å²) < 4.78 is 4.79. The number of hydrogen-bond acceptors (Lipinski definition) is 2. The first-order chi connectivity index (χ1) is 22.8. The van der Waals surface area contributed by atoms with Crippen LogP contribution in [-0.4, -0.2) is 18.9 Å². The van der Waals surface area contributed by atoms with Gasteiger partial charge in [0.1, 0.15) is 0 Å². The van der Waals surface area contributed by atoms with Crippen molar-refractivity contribution in [3.63, 3.8) is 0 Å². The van der Waals surface area contributed by atoms with Crippen molar-refractivity contribution in [1.82, 2.24) is 18.9 Å². The van der Waals surface area contributed by atoms with Gasteiger partial charge >= 0.3 is 0 Å². The third kappa shape index (κ3) is 2.98. The van der Waals surface area contributed by atoms with Crippen LogP contribution in [-0.2, 0) is 0 Å². The second-order valence-corrected chi connectivity index (χ2v) is 12.2. The smallest absolute Gasteiger partial charge is 0.235 e. The first-order valence-electron chi connectivity index (χ1n) is 15.7. The summed E-state index contributed by atoms with van der Waals surface area (Å²) in [6.45, 7) is 0. The predicted octanol–water partition coefficient (Wildman–Crippen LogP) is 10.7. The molecule has 4 aromatic heterocycles. The average Bonchev–Trinajstić information content (AvgIpc) is 3.59. The molecular weight excluding hydrogens is 560 g/mol. The van der Waals surface area contributed by atoms with Crippen molar-refractivity contribution >= 4 is 81.6 Å². The topological polar surface area (TPSA) is 35.1 Å². The van der Waals surface area contributed by atoms with Gasteiger partial charge in [0.15, 0.2) is 0 Å². The van der Waals surface area contributed by atoms with Gasteiger partial charge in [0.05, 0.1) is 38.8 Å². The maximum absolute atomic E-state index is 5.46. The first-order valence-corrected chi connectivity index (χ1v) is 15.7.